The first-order chi connectivity index (χ1) is 12.9. The quantitative estimate of drug-likeness (QED) is 0.699. The molecule has 1 aliphatic heterocycles. The van der Waals surface area contributed by atoms with Gasteiger partial charge in [0, 0.05) is 37.0 Å². The van der Waals surface area contributed by atoms with Crippen LogP contribution in [0, 0.1) is 28.6 Å². The Bertz CT molecular complexity index is 841. The predicted octanol–water partition coefficient (Wildman–Crippen LogP) is 5.06. The summed E-state index contributed by atoms with van der Waals surface area (Å²) in [7, 11) is 1.98. The molecule has 142 valence electrons. The molecule has 5 atom stereocenters. The minimum Gasteiger partial charge on any atom is -0.319 e. The monoisotopic (exact) mass is 362 g/mol. The van der Waals surface area contributed by atoms with Crippen molar-refractivity contribution in [3.63, 3.8) is 0 Å². The Kier molecular flexibility index (Phi) is 3.70. The largest absolute Gasteiger partial charge is 0.319 e. The molecule has 3 aliphatic carbocycles. The predicted molar refractivity (Wildman–Crippen MR) is 107 cm³/mol. The van der Waals surface area contributed by atoms with E-state index in [0.29, 0.717) is 24.2 Å². The summed E-state index contributed by atoms with van der Waals surface area (Å²) in [5, 5.41) is 0. The van der Waals surface area contributed by atoms with Crippen molar-refractivity contribution in [2.45, 2.75) is 52.4 Å². The molecule has 3 heteroatoms. The summed E-state index contributed by atoms with van der Waals surface area (Å²) in [6.07, 6.45) is 15.4. The van der Waals surface area contributed by atoms with Crippen LogP contribution in [0.15, 0.2) is 42.4 Å². The van der Waals surface area contributed by atoms with Gasteiger partial charge in [0.25, 0.3) is 0 Å². The topological polar surface area (TPSA) is 33.2 Å². The number of likely N-dealkylation sites (tertiary alicyclic amines) is 1. The number of piperidine rings is 1. The molecule has 1 saturated heterocycles. The van der Waals surface area contributed by atoms with Gasteiger partial charge in [-0.2, -0.15) is 0 Å². The molecular weight excluding hydrogens is 332 g/mol. The van der Waals surface area contributed by atoms with Gasteiger partial charge in [-0.25, -0.2) is 0 Å². The molecule has 3 nitrogen and oxygen atoms in total. The molecule has 0 unspecified atom stereocenters. The third-order valence-electron chi connectivity index (χ3n) is 8.57. The summed E-state index contributed by atoms with van der Waals surface area (Å²) in [4.78, 5) is 18.6. The van der Waals surface area contributed by atoms with Gasteiger partial charge in [-0.05, 0) is 72.5 Å². The van der Waals surface area contributed by atoms with Crippen LogP contribution in [0.3, 0.4) is 0 Å². The second-order valence-electron chi connectivity index (χ2n) is 9.62. The Morgan fingerprint density at radius 3 is 2.74 bits per heavy atom. The van der Waals surface area contributed by atoms with Crippen molar-refractivity contribution >= 4 is 11.5 Å². The number of fused-ring (bicyclic) bond motifs is 5. The third kappa shape index (κ3) is 2.26. The Balaban J connectivity index is 1.50. The number of pyridine rings is 1. The molecular formula is C24H30N2O. The van der Waals surface area contributed by atoms with Crippen LogP contribution in [0.2, 0.25) is 0 Å². The van der Waals surface area contributed by atoms with E-state index in [1.165, 1.54) is 36.1 Å². The molecule has 27 heavy (non-hydrogen) atoms. The van der Waals surface area contributed by atoms with E-state index in [1.807, 2.05) is 24.3 Å². The zero-order chi connectivity index (χ0) is 18.8. The fourth-order valence-corrected chi connectivity index (χ4v) is 7.12. The molecule has 2 heterocycles. The van der Waals surface area contributed by atoms with Gasteiger partial charge in [-0.3, -0.25) is 9.78 Å². The Labute approximate surface area is 162 Å². The molecule has 0 radical (unpaired) electrons. The second-order valence-corrected chi connectivity index (χ2v) is 9.62. The summed E-state index contributed by atoms with van der Waals surface area (Å²) < 4.78 is 0. The average molecular weight is 363 g/mol. The zero-order valence-electron chi connectivity index (χ0n) is 16.7. The van der Waals surface area contributed by atoms with Crippen LogP contribution < -0.4 is 0 Å². The molecule has 0 N–H and O–H groups in total. The number of carbonyl (C=O) groups excluding carboxylic acids is 1. The highest BCUT2D eigenvalue weighted by atomic mass is 16.2. The molecule has 2 fully saturated rings. The number of rotatable bonds is 1. The number of hydrogen-bond acceptors (Lipinski definition) is 2. The molecule has 4 aliphatic rings. The maximum atomic E-state index is 12.3. The van der Waals surface area contributed by atoms with E-state index in [0.717, 1.165) is 18.8 Å². The molecule has 1 amide bonds. The van der Waals surface area contributed by atoms with Crippen LogP contribution in [0.4, 0.5) is 0 Å². The lowest BCUT2D eigenvalue weighted by molar-refractivity contribution is -0.135. The van der Waals surface area contributed by atoms with Crippen molar-refractivity contribution in [2.75, 3.05) is 7.05 Å². The van der Waals surface area contributed by atoms with Crippen molar-refractivity contribution in [1.82, 2.24) is 9.88 Å². The summed E-state index contributed by atoms with van der Waals surface area (Å²) in [5.74, 6) is 2.43. The molecule has 5 rings (SSSR count). The molecule has 0 spiro atoms. The number of nitrogens with zero attached hydrogens (tertiary/aromatic N) is 2. The van der Waals surface area contributed by atoms with E-state index in [9.17, 15) is 4.79 Å². The lowest BCUT2D eigenvalue weighted by Crippen LogP contribution is -2.53. The minimum absolute atomic E-state index is 0.171. The molecule has 1 aromatic rings. The van der Waals surface area contributed by atoms with Gasteiger partial charge in [0.15, 0.2) is 0 Å². The Morgan fingerprint density at radius 1 is 1.11 bits per heavy atom. The maximum absolute atomic E-state index is 12.3. The summed E-state index contributed by atoms with van der Waals surface area (Å²) in [5.41, 5.74) is 4.57. The third-order valence-corrected chi connectivity index (χ3v) is 8.57. The first-order valence-electron chi connectivity index (χ1n) is 10.5. The van der Waals surface area contributed by atoms with Crippen LogP contribution in [0.1, 0.15) is 57.9 Å². The van der Waals surface area contributed by atoms with Gasteiger partial charge in [0.05, 0.1) is 0 Å². The fourth-order valence-electron chi connectivity index (χ4n) is 7.12. The number of aromatic nitrogens is 1. The fraction of sp³-hybridized carbons (Fsp3) is 0.583. The summed E-state index contributed by atoms with van der Waals surface area (Å²) >= 11 is 0. The number of hydrogen-bond donors (Lipinski definition) is 0. The van der Waals surface area contributed by atoms with Crippen LogP contribution >= 0.6 is 0 Å². The molecule has 0 aromatic carbocycles. The normalized spacial score (nSPS) is 40.6. The highest BCUT2D eigenvalue weighted by molar-refractivity contribution is 5.79. The average Bonchev–Trinajstić information content (AvgIpc) is 3.03. The van der Waals surface area contributed by atoms with Crippen molar-refractivity contribution in [1.29, 1.82) is 0 Å². The van der Waals surface area contributed by atoms with Crippen LogP contribution in [-0.4, -0.2) is 22.8 Å². The van der Waals surface area contributed by atoms with Gasteiger partial charge >= 0.3 is 0 Å². The van der Waals surface area contributed by atoms with Crippen LogP contribution in [-0.2, 0) is 4.79 Å². The van der Waals surface area contributed by atoms with E-state index < -0.39 is 0 Å². The Morgan fingerprint density at radius 2 is 1.96 bits per heavy atom. The van der Waals surface area contributed by atoms with Gasteiger partial charge in [0.1, 0.15) is 0 Å². The van der Waals surface area contributed by atoms with Gasteiger partial charge in [0.2, 0.25) is 5.91 Å². The number of carbonyl (C=O) groups is 1. The number of amides is 1. The highest BCUT2D eigenvalue weighted by Gasteiger charge is 2.57. The van der Waals surface area contributed by atoms with E-state index in [-0.39, 0.29) is 10.8 Å². The Hall–Kier alpha value is -1.90. The van der Waals surface area contributed by atoms with E-state index in [4.69, 9.17) is 0 Å². The van der Waals surface area contributed by atoms with E-state index in [2.05, 4.69) is 43.1 Å². The maximum Gasteiger partial charge on any atom is 0.226 e. The SMILES string of the molecule is CN1C(=O)CC[C@@]2(C)C1=CC[C@@H]1[C@@H]2CC[C@]2(C)C(c3cccnc3)=CC[C@@H]12. The highest BCUT2D eigenvalue weighted by Crippen LogP contribution is 2.65. The smallest absolute Gasteiger partial charge is 0.226 e. The van der Waals surface area contributed by atoms with Crippen molar-refractivity contribution < 1.29 is 4.79 Å². The molecule has 0 bridgehead atoms. The van der Waals surface area contributed by atoms with Crippen molar-refractivity contribution in [3.8, 4) is 0 Å². The minimum atomic E-state index is 0.171. The van der Waals surface area contributed by atoms with E-state index >= 15 is 0 Å². The number of allylic oxidation sites excluding steroid dienone is 4. The summed E-state index contributed by atoms with van der Waals surface area (Å²) in [6, 6.07) is 4.28. The first kappa shape index (κ1) is 17.2. The molecule has 1 aromatic heterocycles. The van der Waals surface area contributed by atoms with E-state index in [1.54, 1.807) is 0 Å². The van der Waals surface area contributed by atoms with Crippen molar-refractivity contribution in [3.05, 3.63) is 47.9 Å². The zero-order valence-corrected chi connectivity index (χ0v) is 16.7. The van der Waals surface area contributed by atoms with Crippen LogP contribution in [0.5, 0.6) is 0 Å². The second kappa shape index (κ2) is 5.80. The van der Waals surface area contributed by atoms with Gasteiger partial charge in [-0.1, -0.05) is 32.1 Å². The standard InChI is InChI=1S/C24H30N2O/c1-23-12-10-20-17(6-9-21-24(20,2)13-11-22(27)26(21)3)19(23)8-7-18(23)16-5-4-14-25-15-16/h4-5,7,9,14-15,17,19-20H,6,8,10-13H2,1-3H3/t17-,19-,20-,23+,24+/m0/s1. The lowest BCUT2D eigenvalue weighted by Gasteiger charge is -2.58. The summed E-state index contributed by atoms with van der Waals surface area (Å²) in [6.45, 7) is 4.93. The van der Waals surface area contributed by atoms with Crippen LogP contribution in [0.25, 0.3) is 5.57 Å². The first-order valence-corrected chi connectivity index (χ1v) is 10.5. The lowest BCUT2D eigenvalue weighted by atomic mass is 9.49. The molecule has 1 saturated carbocycles. The van der Waals surface area contributed by atoms with Gasteiger partial charge in [-0.15, -0.1) is 0 Å². The van der Waals surface area contributed by atoms with Gasteiger partial charge < -0.3 is 4.90 Å². The van der Waals surface area contributed by atoms with Crippen molar-refractivity contribution in [2.24, 2.45) is 28.6 Å².